The van der Waals surface area contributed by atoms with E-state index < -0.39 is 12.1 Å². The number of alkyl halides is 3. The van der Waals surface area contributed by atoms with Crippen LogP contribution in [0.15, 0.2) is 22.7 Å². The lowest BCUT2D eigenvalue weighted by atomic mass is 9.97. The number of benzene rings is 1. The van der Waals surface area contributed by atoms with Crippen LogP contribution >= 0.6 is 27.5 Å². The number of nitrogens with zero attached hydrogens (tertiary/aromatic N) is 1. The molecular formula is C13H14BrClF3N. The summed E-state index contributed by atoms with van der Waals surface area (Å²) in [6, 6.07) is 5.37. The van der Waals surface area contributed by atoms with Gasteiger partial charge in [-0.1, -0.05) is 33.6 Å². The van der Waals surface area contributed by atoms with Gasteiger partial charge in [-0.3, -0.25) is 4.90 Å². The third-order valence-corrected chi connectivity index (χ3v) is 4.35. The first-order chi connectivity index (χ1) is 8.86. The van der Waals surface area contributed by atoms with E-state index in [9.17, 15) is 13.2 Å². The maximum atomic E-state index is 12.7. The standard InChI is InChI=1S/C13H14BrClF3N/c14-12-6-11(15)4-3-9(12)7-19-5-1-2-10(8-19)13(16,17)18/h3-4,6,10H,1-2,5,7-8H2. The lowest BCUT2D eigenvalue weighted by Crippen LogP contribution is -2.41. The third-order valence-electron chi connectivity index (χ3n) is 3.38. The molecule has 1 heterocycles. The average molecular weight is 357 g/mol. The number of likely N-dealkylation sites (tertiary alicyclic amines) is 1. The van der Waals surface area contributed by atoms with E-state index in [-0.39, 0.29) is 13.0 Å². The van der Waals surface area contributed by atoms with Gasteiger partial charge in [-0.15, -0.1) is 0 Å². The SMILES string of the molecule is FC(F)(F)C1CCCN(Cc2ccc(Cl)cc2Br)C1. The van der Waals surface area contributed by atoms with E-state index in [2.05, 4.69) is 15.9 Å². The van der Waals surface area contributed by atoms with E-state index >= 15 is 0 Å². The lowest BCUT2D eigenvalue weighted by molar-refractivity contribution is -0.187. The summed E-state index contributed by atoms with van der Waals surface area (Å²) in [4.78, 5) is 1.86. The molecule has 1 unspecified atom stereocenters. The highest BCUT2D eigenvalue weighted by Crippen LogP contribution is 2.34. The molecule has 106 valence electrons. The van der Waals surface area contributed by atoms with Crippen LogP contribution in [0.25, 0.3) is 0 Å². The Balaban J connectivity index is 2.03. The van der Waals surface area contributed by atoms with E-state index in [0.29, 0.717) is 24.5 Å². The molecule has 1 aromatic rings. The van der Waals surface area contributed by atoms with Gasteiger partial charge >= 0.3 is 6.18 Å². The summed E-state index contributed by atoms with van der Waals surface area (Å²) < 4.78 is 39.0. The summed E-state index contributed by atoms with van der Waals surface area (Å²) in [5.41, 5.74) is 0.965. The Labute approximate surface area is 123 Å². The van der Waals surface area contributed by atoms with Crippen LogP contribution in [-0.2, 0) is 6.54 Å². The molecule has 0 N–H and O–H groups in total. The van der Waals surface area contributed by atoms with E-state index in [1.54, 1.807) is 12.1 Å². The minimum absolute atomic E-state index is 0.0819. The van der Waals surface area contributed by atoms with Crippen molar-refractivity contribution in [2.24, 2.45) is 5.92 Å². The van der Waals surface area contributed by atoms with Crippen LogP contribution in [0.3, 0.4) is 0 Å². The van der Waals surface area contributed by atoms with Crippen LogP contribution in [-0.4, -0.2) is 24.2 Å². The molecular weight excluding hydrogens is 343 g/mol. The van der Waals surface area contributed by atoms with Crippen molar-refractivity contribution in [2.75, 3.05) is 13.1 Å². The maximum Gasteiger partial charge on any atom is 0.393 e. The Kier molecular flexibility index (Phi) is 4.79. The smallest absolute Gasteiger partial charge is 0.298 e. The normalized spacial score (nSPS) is 21.6. The Hall–Kier alpha value is -0.260. The highest BCUT2D eigenvalue weighted by Gasteiger charge is 2.41. The van der Waals surface area contributed by atoms with E-state index in [4.69, 9.17) is 11.6 Å². The lowest BCUT2D eigenvalue weighted by Gasteiger charge is -2.33. The van der Waals surface area contributed by atoms with Gasteiger partial charge in [0.1, 0.15) is 0 Å². The summed E-state index contributed by atoms with van der Waals surface area (Å²) in [6.07, 6.45) is -3.26. The van der Waals surface area contributed by atoms with Crippen molar-refractivity contribution in [3.63, 3.8) is 0 Å². The minimum Gasteiger partial charge on any atom is -0.298 e. The number of hydrogen-bond acceptors (Lipinski definition) is 1. The molecule has 0 saturated carbocycles. The summed E-state index contributed by atoms with van der Waals surface area (Å²) in [6.45, 7) is 1.31. The molecule has 1 atom stereocenters. The first kappa shape index (κ1) is 15.1. The van der Waals surface area contributed by atoms with Gasteiger partial charge in [-0.25, -0.2) is 0 Å². The molecule has 0 amide bonds. The predicted octanol–water partition coefficient (Wildman–Crippen LogP) is 4.88. The van der Waals surface area contributed by atoms with Crippen molar-refractivity contribution >= 4 is 27.5 Å². The zero-order valence-electron chi connectivity index (χ0n) is 10.2. The number of rotatable bonds is 2. The van der Waals surface area contributed by atoms with Gasteiger partial charge < -0.3 is 0 Å². The molecule has 1 fully saturated rings. The topological polar surface area (TPSA) is 3.24 Å². The molecule has 1 saturated heterocycles. The van der Waals surface area contributed by atoms with Crippen molar-refractivity contribution in [1.82, 2.24) is 4.90 Å². The zero-order valence-corrected chi connectivity index (χ0v) is 12.5. The highest BCUT2D eigenvalue weighted by molar-refractivity contribution is 9.10. The number of hydrogen-bond donors (Lipinski definition) is 0. The van der Waals surface area contributed by atoms with Crippen molar-refractivity contribution in [2.45, 2.75) is 25.6 Å². The minimum atomic E-state index is -4.09. The van der Waals surface area contributed by atoms with Crippen molar-refractivity contribution < 1.29 is 13.2 Å². The van der Waals surface area contributed by atoms with Gasteiger partial charge in [0.25, 0.3) is 0 Å². The van der Waals surface area contributed by atoms with Crippen LogP contribution < -0.4 is 0 Å². The average Bonchev–Trinajstić information content (AvgIpc) is 2.32. The van der Waals surface area contributed by atoms with Crippen molar-refractivity contribution in [3.05, 3.63) is 33.3 Å². The second kappa shape index (κ2) is 6.02. The molecule has 1 aliphatic rings. The monoisotopic (exact) mass is 355 g/mol. The molecule has 0 radical (unpaired) electrons. The summed E-state index contributed by atoms with van der Waals surface area (Å²) in [5.74, 6) is -1.20. The summed E-state index contributed by atoms with van der Waals surface area (Å²) in [7, 11) is 0. The molecule has 0 aromatic heterocycles. The summed E-state index contributed by atoms with van der Waals surface area (Å²) in [5, 5.41) is 0.613. The summed E-state index contributed by atoms with van der Waals surface area (Å²) >= 11 is 9.25. The second-order valence-electron chi connectivity index (χ2n) is 4.85. The number of halogens is 5. The molecule has 0 bridgehead atoms. The molecule has 0 aliphatic carbocycles. The molecule has 0 spiro atoms. The van der Waals surface area contributed by atoms with Crippen molar-refractivity contribution in [1.29, 1.82) is 0 Å². The van der Waals surface area contributed by atoms with Crippen LogP contribution in [0.1, 0.15) is 18.4 Å². The molecule has 1 nitrogen and oxygen atoms in total. The van der Waals surface area contributed by atoms with Gasteiger partial charge in [-0.05, 0) is 37.1 Å². The maximum absolute atomic E-state index is 12.7. The Bertz CT molecular complexity index is 450. The third kappa shape index (κ3) is 4.10. The van der Waals surface area contributed by atoms with Gasteiger partial charge in [0, 0.05) is 22.6 Å². The number of piperidine rings is 1. The van der Waals surface area contributed by atoms with Gasteiger partial charge in [0.15, 0.2) is 0 Å². The fourth-order valence-corrected chi connectivity index (χ4v) is 3.17. The molecule has 1 aromatic carbocycles. The van der Waals surface area contributed by atoms with Crippen LogP contribution in [0.2, 0.25) is 5.02 Å². The quantitative estimate of drug-likeness (QED) is 0.730. The largest absolute Gasteiger partial charge is 0.393 e. The Morgan fingerprint density at radius 2 is 2.11 bits per heavy atom. The Morgan fingerprint density at radius 1 is 1.37 bits per heavy atom. The van der Waals surface area contributed by atoms with Gasteiger partial charge in [0.2, 0.25) is 0 Å². The zero-order chi connectivity index (χ0) is 14.0. The highest BCUT2D eigenvalue weighted by atomic mass is 79.9. The van der Waals surface area contributed by atoms with E-state index in [1.807, 2.05) is 11.0 Å². The van der Waals surface area contributed by atoms with E-state index in [1.165, 1.54) is 0 Å². The van der Waals surface area contributed by atoms with Crippen LogP contribution in [0.4, 0.5) is 13.2 Å². The fourth-order valence-electron chi connectivity index (χ4n) is 2.36. The molecule has 2 rings (SSSR count). The van der Waals surface area contributed by atoms with Crippen molar-refractivity contribution in [3.8, 4) is 0 Å². The molecule has 19 heavy (non-hydrogen) atoms. The van der Waals surface area contributed by atoms with Crippen LogP contribution in [0.5, 0.6) is 0 Å². The fraction of sp³-hybridized carbons (Fsp3) is 0.538. The van der Waals surface area contributed by atoms with Crippen LogP contribution in [0, 0.1) is 5.92 Å². The predicted molar refractivity (Wildman–Crippen MR) is 73.2 cm³/mol. The van der Waals surface area contributed by atoms with Gasteiger partial charge in [0.05, 0.1) is 5.92 Å². The first-order valence-electron chi connectivity index (χ1n) is 6.09. The van der Waals surface area contributed by atoms with E-state index in [0.717, 1.165) is 10.0 Å². The second-order valence-corrected chi connectivity index (χ2v) is 6.14. The molecule has 6 heteroatoms. The van der Waals surface area contributed by atoms with Gasteiger partial charge in [-0.2, -0.15) is 13.2 Å². The Morgan fingerprint density at radius 3 is 2.74 bits per heavy atom. The first-order valence-corrected chi connectivity index (χ1v) is 7.26. The molecule has 1 aliphatic heterocycles.